The van der Waals surface area contributed by atoms with Crippen LogP contribution in [0.25, 0.3) is 0 Å². The second kappa shape index (κ2) is 6.72. The van der Waals surface area contributed by atoms with Gasteiger partial charge in [-0.2, -0.15) is 0 Å². The van der Waals surface area contributed by atoms with Gasteiger partial charge >= 0.3 is 5.97 Å². The third-order valence-corrected chi connectivity index (χ3v) is 3.79. The molecule has 2 rings (SSSR count). The SMILES string of the molecule is Cc1ccc(NC(=O)C[C@H](C(=O)O)[C@H]2CCCO2)c(C)c1. The van der Waals surface area contributed by atoms with Crippen molar-refractivity contribution < 1.29 is 19.4 Å². The molecule has 114 valence electrons. The summed E-state index contributed by atoms with van der Waals surface area (Å²) in [6.45, 7) is 4.47. The number of carbonyl (C=O) groups excluding carboxylic acids is 1. The monoisotopic (exact) mass is 291 g/mol. The van der Waals surface area contributed by atoms with Crippen molar-refractivity contribution in [3.05, 3.63) is 29.3 Å². The molecule has 5 nitrogen and oxygen atoms in total. The van der Waals surface area contributed by atoms with Gasteiger partial charge in [0.2, 0.25) is 5.91 Å². The minimum absolute atomic E-state index is 0.0622. The fourth-order valence-electron chi connectivity index (χ4n) is 2.65. The van der Waals surface area contributed by atoms with Crippen LogP contribution < -0.4 is 5.32 Å². The Morgan fingerprint density at radius 1 is 1.43 bits per heavy atom. The lowest BCUT2D eigenvalue weighted by atomic mass is 9.96. The van der Waals surface area contributed by atoms with Gasteiger partial charge in [0.25, 0.3) is 0 Å². The zero-order valence-corrected chi connectivity index (χ0v) is 12.4. The Morgan fingerprint density at radius 3 is 2.76 bits per heavy atom. The van der Waals surface area contributed by atoms with Crippen molar-refractivity contribution in [2.24, 2.45) is 5.92 Å². The predicted octanol–water partition coefficient (Wildman–Crippen LogP) is 2.51. The first-order valence-corrected chi connectivity index (χ1v) is 7.19. The van der Waals surface area contributed by atoms with Crippen LogP contribution >= 0.6 is 0 Å². The summed E-state index contributed by atoms with van der Waals surface area (Å²) in [6, 6.07) is 5.73. The number of rotatable bonds is 5. The Hall–Kier alpha value is -1.88. The summed E-state index contributed by atoms with van der Waals surface area (Å²) in [7, 11) is 0. The van der Waals surface area contributed by atoms with E-state index < -0.39 is 11.9 Å². The van der Waals surface area contributed by atoms with Crippen LogP contribution in [-0.4, -0.2) is 29.7 Å². The van der Waals surface area contributed by atoms with E-state index in [4.69, 9.17) is 4.74 Å². The predicted molar refractivity (Wildman–Crippen MR) is 79.3 cm³/mol. The highest BCUT2D eigenvalue weighted by Crippen LogP contribution is 2.24. The minimum atomic E-state index is -0.974. The van der Waals surface area contributed by atoms with Crippen LogP contribution in [0, 0.1) is 19.8 Å². The van der Waals surface area contributed by atoms with E-state index in [0.29, 0.717) is 13.0 Å². The van der Waals surface area contributed by atoms with Crippen LogP contribution in [0.2, 0.25) is 0 Å². The summed E-state index contributed by atoms with van der Waals surface area (Å²) in [6.07, 6.45) is 1.14. The Kier molecular flexibility index (Phi) is 4.96. The number of nitrogens with one attached hydrogen (secondary N) is 1. The maximum absolute atomic E-state index is 12.1. The van der Waals surface area contributed by atoms with Crippen molar-refractivity contribution in [1.29, 1.82) is 0 Å². The summed E-state index contributed by atoms with van der Waals surface area (Å²) in [5, 5.41) is 12.1. The first-order valence-electron chi connectivity index (χ1n) is 7.19. The van der Waals surface area contributed by atoms with Crippen LogP contribution in [0.5, 0.6) is 0 Å². The normalized spacial score (nSPS) is 19.2. The van der Waals surface area contributed by atoms with E-state index in [9.17, 15) is 14.7 Å². The molecule has 5 heteroatoms. The minimum Gasteiger partial charge on any atom is -0.481 e. The second-order valence-electron chi connectivity index (χ2n) is 5.57. The first kappa shape index (κ1) is 15.5. The molecule has 1 aromatic rings. The van der Waals surface area contributed by atoms with Crippen molar-refractivity contribution in [1.82, 2.24) is 0 Å². The highest BCUT2D eigenvalue weighted by atomic mass is 16.5. The van der Waals surface area contributed by atoms with Gasteiger partial charge in [-0.3, -0.25) is 9.59 Å². The van der Waals surface area contributed by atoms with Crippen molar-refractivity contribution in [2.45, 2.75) is 39.2 Å². The van der Waals surface area contributed by atoms with Crippen LogP contribution in [0.3, 0.4) is 0 Å². The lowest BCUT2D eigenvalue weighted by molar-refractivity contribution is -0.148. The number of carboxylic acid groups (broad SMARTS) is 1. The van der Waals surface area contributed by atoms with Crippen molar-refractivity contribution in [3.63, 3.8) is 0 Å². The molecule has 1 aliphatic heterocycles. The lowest BCUT2D eigenvalue weighted by Crippen LogP contribution is -2.31. The highest BCUT2D eigenvalue weighted by Gasteiger charge is 2.33. The maximum Gasteiger partial charge on any atom is 0.309 e. The summed E-state index contributed by atoms with van der Waals surface area (Å²) in [5.74, 6) is -2.04. The first-order chi connectivity index (χ1) is 9.97. The molecule has 0 saturated carbocycles. The number of anilines is 1. The molecular formula is C16H21NO4. The van der Waals surface area contributed by atoms with Crippen molar-refractivity contribution >= 4 is 17.6 Å². The van der Waals surface area contributed by atoms with Crippen LogP contribution in [0.15, 0.2) is 18.2 Å². The van der Waals surface area contributed by atoms with Gasteiger partial charge < -0.3 is 15.2 Å². The molecule has 1 saturated heterocycles. The summed E-state index contributed by atoms with van der Waals surface area (Å²) >= 11 is 0. The fourth-order valence-corrected chi connectivity index (χ4v) is 2.65. The molecule has 0 unspecified atom stereocenters. The van der Waals surface area contributed by atoms with Gasteiger partial charge in [0.05, 0.1) is 12.0 Å². The van der Waals surface area contributed by atoms with Gasteiger partial charge in [0.1, 0.15) is 0 Å². The Balaban J connectivity index is 2.00. The molecular weight excluding hydrogens is 270 g/mol. The summed E-state index contributed by atoms with van der Waals surface area (Å²) < 4.78 is 5.41. The van der Waals surface area contributed by atoms with E-state index in [1.54, 1.807) is 0 Å². The average Bonchev–Trinajstić information content (AvgIpc) is 2.92. The van der Waals surface area contributed by atoms with Crippen molar-refractivity contribution in [2.75, 3.05) is 11.9 Å². The van der Waals surface area contributed by atoms with E-state index >= 15 is 0 Å². The standard InChI is InChI=1S/C16H21NO4/c1-10-5-6-13(11(2)8-10)17-15(18)9-12(16(19)20)14-4-3-7-21-14/h5-6,8,12,14H,3-4,7,9H2,1-2H3,(H,17,18)(H,19,20)/t12-,14+/m0/s1. The highest BCUT2D eigenvalue weighted by molar-refractivity contribution is 5.93. The molecule has 1 fully saturated rings. The third kappa shape index (κ3) is 4.04. The molecule has 2 N–H and O–H groups in total. The quantitative estimate of drug-likeness (QED) is 0.874. The van der Waals surface area contributed by atoms with E-state index in [2.05, 4.69) is 5.32 Å². The number of amides is 1. The molecule has 1 aromatic carbocycles. The number of carboxylic acids is 1. The maximum atomic E-state index is 12.1. The summed E-state index contributed by atoms with van der Waals surface area (Å²) in [5.41, 5.74) is 2.81. The van der Waals surface area contributed by atoms with E-state index in [1.165, 1.54) is 0 Å². The number of hydrogen-bond acceptors (Lipinski definition) is 3. The topological polar surface area (TPSA) is 75.6 Å². The zero-order valence-electron chi connectivity index (χ0n) is 12.4. The van der Waals surface area contributed by atoms with Gasteiger partial charge in [0, 0.05) is 18.7 Å². The van der Waals surface area contributed by atoms with E-state index in [0.717, 1.165) is 23.2 Å². The number of benzene rings is 1. The van der Waals surface area contributed by atoms with Crippen molar-refractivity contribution in [3.8, 4) is 0 Å². The number of carbonyl (C=O) groups is 2. The Bertz CT molecular complexity index is 535. The molecule has 0 bridgehead atoms. The number of aliphatic carboxylic acids is 1. The molecule has 0 radical (unpaired) electrons. The smallest absolute Gasteiger partial charge is 0.309 e. The van der Waals surface area contributed by atoms with E-state index in [-0.39, 0.29) is 18.4 Å². The summed E-state index contributed by atoms with van der Waals surface area (Å²) in [4.78, 5) is 23.4. The van der Waals surface area contributed by atoms with Gasteiger partial charge in [-0.1, -0.05) is 17.7 Å². The largest absolute Gasteiger partial charge is 0.481 e. The van der Waals surface area contributed by atoms with Gasteiger partial charge in [0.15, 0.2) is 0 Å². The van der Waals surface area contributed by atoms with Crippen LogP contribution in [-0.2, 0) is 14.3 Å². The number of ether oxygens (including phenoxy) is 1. The van der Waals surface area contributed by atoms with Gasteiger partial charge in [-0.05, 0) is 38.3 Å². The molecule has 1 amide bonds. The molecule has 0 aromatic heterocycles. The van der Waals surface area contributed by atoms with Crippen LogP contribution in [0.1, 0.15) is 30.4 Å². The number of aryl methyl sites for hydroxylation is 2. The fraction of sp³-hybridized carbons (Fsp3) is 0.500. The third-order valence-electron chi connectivity index (χ3n) is 3.79. The second-order valence-corrected chi connectivity index (χ2v) is 5.57. The average molecular weight is 291 g/mol. The lowest BCUT2D eigenvalue weighted by Gasteiger charge is -2.18. The zero-order chi connectivity index (χ0) is 15.4. The molecule has 1 aliphatic rings. The van der Waals surface area contributed by atoms with Gasteiger partial charge in [-0.15, -0.1) is 0 Å². The Labute approximate surface area is 124 Å². The Morgan fingerprint density at radius 2 is 2.19 bits per heavy atom. The van der Waals surface area contributed by atoms with E-state index in [1.807, 2.05) is 32.0 Å². The van der Waals surface area contributed by atoms with Gasteiger partial charge in [-0.25, -0.2) is 0 Å². The molecule has 1 heterocycles. The van der Waals surface area contributed by atoms with Crippen LogP contribution in [0.4, 0.5) is 5.69 Å². The molecule has 21 heavy (non-hydrogen) atoms. The molecule has 0 aliphatic carbocycles. The number of hydrogen-bond donors (Lipinski definition) is 2. The molecule has 0 spiro atoms. The molecule has 2 atom stereocenters.